The van der Waals surface area contributed by atoms with E-state index in [0.717, 1.165) is 23.5 Å². The van der Waals surface area contributed by atoms with E-state index in [9.17, 15) is 126 Å². The second-order valence-electron chi connectivity index (χ2n) is 25.4. The minimum atomic E-state index is -2.32. The van der Waals surface area contributed by atoms with E-state index in [4.69, 9.17) is 75.8 Å². The van der Waals surface area contributed by atoms with Crippen LogP contribution in [0.5, 0.6) is 0 Å². The van der Waals surface area contributed by atoms with Gasteiger partial charge in [0.2, 0.25) is 5.91 Å². The molecule has 0 spiro atoms. The molecule has 0 aromatic heterocycles. The number of amides is 1. The number of Topliss-reactive ketones (excluding diaryl/α,β-unsaturated/α-hetero) is 1. The summed E-state index contributed by atoms with van der Waals surface area (Å²) in [6, 6.07) is -2.82. The number of carboxylic acids is 2. The summed E-state index contributed by atoms with van der Waals surface area (Å²) in [5.41, 5.74) is 0. The zero-order chi connectivity index (χ0) is 75.4. The molecule has 21 saturated heterocycles. The number of ether oxygens (including phenoxy) is 16. The van der Waals surface area contributed by atoms with Crippen molar-refractivity contribution >= 4 is 47.2 Å². The second kappa shape index (κ2) is 39.8. The van der Waals surface area contributed by atoms with Crippen molar-refractivity contribution in [1.82, 2.24) is 10.6 Å². The van der Waals surface area contributed by atoms with Crippen LogP contribution < -0.4 is 10.6 Å². The lowest BCUT2D eigenvalue weighted by atomic mass is 9.95. The van der Waals surface area contributed by atoms with Crippen LogP contribution in [0.25, 0.3) is 0 Å². The molecule has 0 aromatic rings. The molecular weight excluding hydrogens is 1440 g/mol. The molecule has 103 heavy (non-hydrogen) atoms. The van der Waals surface area contributed by atoms with Crippen LogP contribution >= 0.6 is 23.5 Å². The fourth-order valence-corrected chi connectivity index (χ4v) is 14.7. The molecule has 0 saturated carbocycles. The largest absolute Gasteiger partial charge is 0.480 e. The number of carboxylic acid groups (broad SMARTS) is 2. The minimum Gasteiger partial charge on any atom is -0.480 e. The normalized spacial score (nSPS) is 44.8. The Morgan fingerprint density at radius 2 is 0.573 bits per heavy atom. The molecule has 596 valence electrons. The Hall–Kier alpha value is -2.66. The third-order valence-corrected chi connectivity index (χ3v) is 20.5. The maximum atomic E-state index is 12.9. The van der Waals surface area contributed by atoms with Crippen molar-refractivity contribution in [3.63, 3.8) is 0 Å². The van der Waals surface area contributed by atoms with Gasteiger partial charge in [-0.15, -0.1) is 0 Å². The predicted molar refractivity (Wildman–Crippen MR) is 331 cm³/mol. The molecule has 14 bridgehead atoms. The van der Waals surface area contributed by atoms with Gasteiger partial charge in [0.1, 0.15) is 177 Å². The number of nitrogens with one attached hydrogen (secondary N) is 2. The zero-order valence-electron chi connectivity index (χ0n) is 55.3. The average Bonchev–Trinajstić information content (AvgIpc) is 0.785. The third-order valence-electron chi connectivity index (χ3n) is 18.3. The maximum Gasteiger partial charge on any atom is 0.327 e. The molecule has 37 atom stereocenters. The molecule has 21 aliphatic rings. The van der Waals surface area contributed by atoms with Gasteiger partial charge in [0, 0.05) is 35.9 Å². The number of thioether (sulfide) groups is 2. The Morgan fingerprint density at radius 1 is 0.340 bits per heavy atom. The smallest absolute Gasteiger partial charge is 0.327 e. The van der Waals surface area contributed by atoms with Crippen molar-refractivity contribution in [2.24, 2.45) is 0 Å². The number of aliphatic hydroxyl groups is 19. The van der Waals surface area contributed by atoms with Crippen molar-refractivity contribution in [2.75, 3.05) is 89.5 Å². The van der Waals surface area contributed by atoms with Crippen molar-refractivity contribution in [2.45, 2.75) is 247 Å². The molecule has 21 aliphatic heterocycles. The van der Waals surface area contributed by atoms with Gasteiger partial charge in [0.05, 0.1) is 71.7 Å². The predicted octanol–water partition coefficient (Wildman–Crippen LogP) is -14.1. The van der Waals surface area contributed by atoms with Gasteiger partial charge in [-0.25, -0.2) is 4.79 Å². The SMILES string of the molecule is CN[C@H](CSCC1O[C@H]2O[C@@H]3C(CO)O[C@H](O[C@@H]4C(CO)O[C@H](O[C@@H]5C(CO)O[C@H](O[C@@H]6C(CSC[C@@H](NC(=O)CCOCCOCCC(C)=O)C(=O)O)O[C@H](O[C@@H]7C(CO)O[C@@H](O[C@@H]8C(CO)O[C@@H](OC1[C@H](O)C2O)C(O)[C@H]8O)C(O)[C@H]7O)C(O)[C@H]6O)C(O)[C@H]5O)C(O)[C@H]4O)C(O)[C@H]3O)C(=O)O. The van der Waals surface area contributed by atoms with Crippen molar-refractivity contribution < 1.29 is 202 Å². The van der Waals surface area contributed by atoms with Crippen LogP contribution in [0.4, 0.5) is 0 Å². The van der Waals surface area contributed by atoms with E-state index >= 15 is 0 Å². The summed E-state index contributed by atoms with van der Waals surface area (Å²) in [4.78, 5) is 48.5. The Balaban J connectivity index is 1.08. The number of hydrogen-bond donors (Lipinski definition) is 23. The molecule has 21 heterocycles. The van der Waals surface area contributed by atoms with E-state index in [2.05, 4.69) is 10.6 Å². The fourth-order valence-electron chi connectivity index (χ4n) is 12.4. The van der Waals surface area contributed by atoms with Crippen LogP contribution in [-0.2, 0) is 95.0 Å². The van der Waals surface area contributed by atoms with Gasteiger partial charge >= 0.3 is 11.9 Å². The standard InChI is InChI=1S/C58H96N2O41S2/c1-18(66)3-5-86-7-8-87-6-4-28(67)60-20(51(84)85)15-103-17-27-49-35(74)42(81)58(94-27)99-47-25(13-65)90-54(38(77)31(47)70)97-45-22(10-62)91-55(39(78)32(45)71)100-48-26(16-102-14-19(59-2)50(82)83)93-57(41(80)34(48)73)98-46-24(12-64)89-53(37(76)30(46)69)95-43-21(9-61)88-52(36(75)29(43)68)96-44-23(11-63)92-56(101-49)40(79)33(44)72/h19-27,29-49,52-59,61-65,68-81H,3-17H2,1-2H3,(H,60,67)(H,82,83)(H,84,85)/t19-,20-,21?,22?,23?,24?,25?,26?,27?,29-,30-,31-,32-,33-,34-,35-,36?,37?,38?,39?,40?,41?,42?,43-,44-,45-,46-,47-,48?,49-,52-,53-,54+,55+,56-,57+,58-/m1/s1. The van der Waals surface area contributed by atoms with Crippen LogP contribution in [0.1, 0.15) is 19.8 Å². The van der Waals surface area contributed by atoms with Crippen LogP contribution in [-0.4, -0.2) is 447 Å². The second-order valence-corrected chi connectivity index (χ2v) is 27.6. The van der Waals surface area contributed by atoms with E-state index in [1.807, 2.05) is 0 Å². The van der Waals surface area contributed by atoms with Crippen LogP contribution in [0.2, 0.25) is 0 Å². The Kier molecular flexibility index (Phi) is 33.2. The number of rotatable bonds is 26. The minimum absolute atomic E-state index is 0.0368. The van der Waals surface area contributed by atoms with Crippen molar-refractivity contribution in [3.8, 4) is 0 Å². The van der Waals surface area contributed by atoms with E-state index < -0.39 is 289 Å². The summed E-state index contributed by atoms with van der Waals surface area (Å²) in [5, 5.41) is 242. The van der Waals surface area contributed by atoms with Gasteiger partial charge in [-0.05, 0) is 14.0 Å². The summed E-state index contributed by atoms with van der Waals surface area (Å²) >= 11 is 1.60. The third kappa shape index (κ3) is 20.9. The van der Waals surface area contributed by atoms with Crippen molar-refractivity contribution in [3.05, 3.63) is 0 Å². The molecule has 43 nitrogen and oxygen atoms in total. The van der Waals surface area contributed by atoms with Gasteiger partial charge in [0.15, 0.2) is 44.0 Å². The highest BCUT2D eigenvalue weighted by Crippen LogP contribution is 2.40. The summed E-state index contributed by atoms with van der Waals surface area (Å²) in [6.07, 6.45) is -72.9. The monoisotopic (exact) mass is 1540 g/mol. The first-order chi connectivity index (χ1) is 49.0. The fraction of sp³-hybridized carbons (Fsp3) is 0.931. The molecule has 0 radical (unpaired) electrons. The average molecular weight is 1540 g/mol. The van der Waals surface area contributed by atoms with Gasteiger partial charge in [-0.1, -0.05) is 0 Å². The molecule has 23 N–H and O–H groups in total. The first kappa shape index (κ1) is 85.9. The molecule has 0 aliphatic carbocycles. The number of ketones is 1. The molecule has 21 rings (SSSR count). The summed E-state index contributed by atoms with van der Waals surface area (Å²) in [6.45, 7) is -4.06. The van der Waals surface area contributed by atoms with Crippen molar-refractivity contribution in [1.29, 1.82) is 0 Å². The summed E-state index contributed by atoms with van der Waals surface area (Å²) < 4.78 is 93.1. The lowest BCUT2D eigenvalue weighted by Gasteiger charge is -2.50. The summed E-state index contributed by atoms with van der Waals surface area (Å²) in [5.74, 6) is -5.22. The molecule has 21 fully saturated rings. The highest BCUT2D eigenvalue weighted by atomic mass is 32.2. The first-order valence-corrected chi connectivity index (χ1v) is 35.3. The molecule has 1 amide bonds. The van der Waals surface area contributed by atoms with Gasteiger partial charge in [-0.3, -0.25) is 14.4 Å². The lowest BCUT2D eigenvalue weighted by molar-refractivity contribution is -0.395. The number of carbonyl (C=O) groups excluding carboxylic acids is 2. The molecular formula is C58H96N2O41S2. The van der Waals surface area contributed by atoms with E-state index in [0.29, 0.717) is 0 Å². The quantitative estimate of drug-likeness (QED) is 0.0358. The van der Waals surface area contributed by atoms with Crippen LogP contribution in [0.15, 0.2) is 0 Å². The summed E-state index contributed by atoms with van der Waals surface area (Å²) in [7, 11) is 1.35. The van der Waals surface area contributed by atoms with E-state index in [-0.39, 0.29) is 56.6 Å². The lowest BCUT2D eigenvalue weighted by Crippen LogP contribution is -2.68. The molecule has 0 aromatic carbocycles. The number of aliphatic carboxylic acids is 2. The molecule has 45 heteroatoms. The zero-order valence-corrected chi connectivity index (χ0v) is 57.0. The number of likely N-dealkylation sites (N-methyl/N-ethyl adjacent to an activating group) is 1. The molecule has 15 unspecified atom stereocenters. The van der Waals surface area contributed by atoms with Crippen LogP contribution in [0.3, 0.4) is 0 Å². The highest BCUT2D eigenvalue weighted by Gasteiger charge is 2.60. The maximum absolute atomic E-state index is 12.9. The number of hydrogen-bond acceptors (Lipinski definition) is 42. The van der Waals surface area contributed by atoms with Gasteiger partial charge in [-0.2, -0.15) is 23.5 Å². The highest BCUT2D eigenvalue weighted by molar-refractivity contribution is 7.99. The van der Waals surface area contributed by atoms with Gasteiger partial charge in [0.25, 0.3) is 0 Å². The first-order valence-electron chi connectivity index (χ1n) is 33.0. The topological polar surface area (TPSA) is 665 Å². The van der Waals surface area contributed by atoms with E-state index in [1.165, 1.54) is 14.0 Å². The van der Waals surface area contributed by atoms with E-state index in [1.54, 1.807) is 0 Å². The van der Waals surface area contributed by atoms with Crippen LogP contribution in [0, 0.1) is 0 Å². The Labute approximate surface area is 594 Å². The Morgan fingerprint density at radius 3 is 0.806 bits per heavy atom. The Bertz CT molecular complexity index is 2620. The van der Waals surface area contributed by atoms with Gasteiger partial charge < -0.3 is 194 Å². The number of aliphatic hydroxyl groups excluding tert-OH is 19. The number of carbonyl (C=O) groups is 4.